The molecule has 4 aliphatic rings. The molecule has 0 saturated carbocycles. The molecule has 0 radical (unpaired) electrons. The maximum Gasteiger partial charge on any atom is 0.402 e. The van der Waals surface area contributed by atoms with E-state index in [1.54, 1.807) is 0 Å². The minimum absolute atomic E-state index is 0.0414. The lowest BCUT2D eigenvalue weighted by Crippen LogP contribution is -2.60. The number of ether oxygens (including phenoxy) is 10. The molecular weight excluding hydrogens is 1180 g/mol. The number of phenols is 4. The number of esters is 2. The summed E-state index contributed by atoms with van der Waals surface area (Å²) in [7, 11) is 0. The molecule has 9 rings (SSSR count). The summed E-state index contributed by atoms with van der Waals surface area (Å²) in [5, 5.41) is 193. The van der Waals surface area contributed by atoms with Gasteiger partial charge in [0.25, 0.3) is 0 Å². The molecule has 4 aromatic carbocycles. The summed E-state index contributed by atoms with van der Waals surface area (Å²) in [4.78, 5) is 25.6. The number of carbonyl (C=O) groups excluding carboxylic acids is 2. The summed E-state index contributed by atoms with van der Waals surface area (Å²) in [6.07, 6.45) is -34.1. The van der Waals surface area contributed by atoms with Crippen LogP contribution in [0.5, 0.6) is 46.0 Å². The number of fused-ring (bicyclic) bond motifs is 1. The highest BCUT2D eigenvalue weighted by molar-refractivity contribution is 5.89. The van der Waals surface area contributed by atoms with E-state index in [1.165, 1.54) is 60.7 Å². The van der Waals surface area contributed by atoms with E-state index in [2.05, 4.69) is 0 Å². The highest BCUT2D eigenvalue weighted by Crippen LogP contribution is 2.48. The Balaban J connectivity index is 1.10. The Morgan fingerprint density at radius 3 is 1.23 bits per heavy atom. The van der Waals surface area contributed by atoms with Crippen molar-refractivity contribution in [1.29, 1.82) is 0 Å². The van der Waals surface area contributed by atoms with Crippen LogP contribution in [-0.4, -0.2) is 253 Å². The van der Waals surface area contributed by atoms with Gasteiger partial charge in [-0.3, -0.25) is 0 Å². The van der Waals surface area contributed by atoms with E-state index in [1.807, 2.05) is 0 Å². The third kappa shape index (κ3) is 14.4. The molecule has 31 heteroatoms. The molecule has 4 saturated heterocycles. The van der Waals surface area contributed by atoms with Gasteiger partial charge in [0.1, 0.15) is 139 Å². The Hall–Kier alpha value is -7.61. The summed E-state index contributed by atoms with van der Waals surface area (Å²) in [5.41, 5.74) is 0.150. The van der Waals surface area contributed by atoms with Gasteiger partial charge in [-0.2, -0.15) is 0 Å². The number of benzene rings is 4. The van der Waals surface area contributed by atoms with E-state index in [0.29, 0.717) is 11.1 Å². The zero-order valence-corrected chi connectivity index (χ0v) is 45.5. The molecular formula is C57H63O31+. The summed E-state index contributed by atoms with van der Waals surface area (Å²) in [6, 6.07) is 16.3. The number of aliphatic hydroxyl groups excluding tert-OH is 14. The van der Waals surface area contributed by atoms with E-state index >= 15 is 0 Å². The van der Waals surface area contributed by atoms with Crippen LogP contribution in [0.3, 0.4) is 0 Å². The average molecular weight is 1240 g/mol. The monoisotopic (exact) mass is 1240 g/mol. The van der Waals surface area contributed by atoms with Crippen molar-refractivity contribution in [3.05, 3.63) is 102 Å². The second-order valence-corrected chi connectivity index (χ2v) is 20.6. The van der Waals surface area contributed by atoms with Crippen LogP contribution in [0.1, 0.15) is 11.1 Å². The fourth-order valence-corrected chi connectivity index (χ4v) is 9.49. The summed E-state index contributed by atoms with van der Waals surface area (Å²) in [6.45, 7) is -3.37. The van der Waals surface area contributed by atoms with Gasteiger partial charge in [-0.1, -0.05) is 24.3 Å². The number of hydrogen-bond donors (Lipinski definition) is 18. The van der Waals surface area contributed by atoms with Crippen molar-refractivity contribution in [2.75, 3.05) is 26.4 Å². The quantitative estimate of drug-likeness (QED) is 0.0216. The zero-order valence-electron chi connectivity index (χ0n) is 45.5. The van der Waals surface area contributed by atoms with Crippen molar-refractivity contribution in [3.63, 3.8) is 0 Å². The zero-order chi connectivity index (χ0) is 63.4. The summed E-state index contributed by atoms with van der Waals surface area (Å²) in [5.74, 6) is -7.05. The number of carbonyl (C=O) groups is 2. The van der Waals surface area contributed by atoms with Crippen LogP contribution >= 0.6 is 0 Å². The van der Waals surface area contributed by atoms with Crippen LogP contribution in [0, 0.1) is 0 Å². The molecule has 18 N–H and O–H groups in total. The lowest BCUT2D eigenvalue weighted by atomic mass is 9.99. The van der Waals surface area contributed by atoms with E-state index in [9.17, 15) is 102 Å². The highest BCUT2D eigenvalue weighted by atomic mass is 16.7. The highest BCUT2D eigenvalue weighted by Gasteiger charge is 2.50. The molecule has 9 unspecified atom stereocenters. The lowest BCUT2D eigenvalue weighted by molar-refractivity contribution is -0.279. The second-order valence-electron chi connectivity index (χ2n) is 20.6. The minimum atomic E-state index is -2.20. The van der Waals surface area contributed by atoms with E-state index < -0.39 is 201 Å². The summed E-state index contributed by atoms with van der Waals surface area (Å²) >= 11 is 0. The van der Waals surface area contributed by atoms with E-state index in [4.69, 9.17) is 51.8 Å². The first-order chi connectivity index (χ1) is 41.9. The van der Waals surface area contributed by atoms with Crippen LogP contribution < -0.4 is 18.9 Å². The van der Waals surface area contributed by atoms with Gasteiger partial charge in [0.2, 0.25) is 36.7 Å². The molecule has 0 spiro atoms. The molecule has 0 aliphatic carbocycles. The second kappa shape index (κ2) is 27.8. The average Bonchev–Trinajstić information content (AvgIpc) is 1.49. The van der Waals surface area contributed by atoms with Gasteiger partial charge in [0, 0.05) is 36.4 Å². The Morgan fingerprint density at radius 2 is 0.818 bits per heavy atom. The van der Waals surface area contributed by atoms with Crippen LogP contribution in [0.4, 0.5) is 0 Å². The van der Waals surface area contributed by atoms with Crippen molar-refractivity contribution >= 4 is 35.1 Å². The number of aromatic hydroxyl groups is 4. The molecule has 4 aliphatic heterocycles. The molecule has 1 aromatic heterocycles. The van der Waals surface area contributed by atoms with E-state index in [-0.39, 0.29) is 28.2 Å². The fourth-order valence-electron chi connectivity index (χ4n) is 9.49. The van der Waals surface area contributed by atoms with Crippen molar-refractivity contribution in [3.8, 4) is 57.3 Å². The molecule has 5 heterocycles. The first-order valence-corrected chi connectivity index (χ1v) is 26.9. The van der Waals surface area contributed by atoms with Crippen LogP contribution in [0.2, 0.25) is 0 Å². The topological polar surface area (TPSA) is 502 Å². The standard InChI is InChI=1S/C57H62O31/c58-18-34-41(66)45(70)49(74)54(85-34)80-27-15-29(62)28-17-33(84-57-50(75)46(71)42(67)35(19-59)86-57)53(81-30(28)16-27)24-13-31(82-55-51(76)47(72)43(68)36(87-55)20-78-38(63)11-5-22-1-7-25(60)8-2-22)40(65)32(14-24)83-56-52(77)48(73)44(69)37(88-56)21-79-39(64)12-6-23-3-9-26(61)10-4-23/h1-17,34-37,41-52,54-59,66-77H,18-21H2,(H3-,60,61,62,63,64,65)/p+1/t34?,35?,36-,37-,41-,42-,43-,44-,45+,46?,47?,48?,49?,50?,51?,52?,54-,55-,56-,57-/m1/s1. The van der Waals surface area contributed by atoms with E-state index in [0.717, 1.165) is 42.5 Å². The molecule has 5 aromatic rings. The van der Waals surface area contributed by atoms with Crippen molar-refractivity contribution in [2.24, 2.45) is 0 Å². The van der Waals surface area contributed by atoms with Gasteiger partial charge in [-0.25, -0.2) is 14.0 Å². The third-order valence-corrected chi connectivity index (χ3v) is 14.5. The van der Waals surface area contributed by atoms with Crippen LogP contribution in [0.15, 0.2) is 95.4 Å². The van der Waals surface area contributed by atoms with Gasteiger partial charge in [-0.05, 0) is 47.5 Å². The normalized spacial score (nSPS) is 32.6. The maximum atomic E-state index is 12.8. The first-order valence-electron chi connectivity index (χ1n) is 26.9. The third-order valence-electron chi connectivity index (χ3n) is 14.5. The number of phenolic OH excluding ortho intramolecular Hbond substituents is 4. The summed E-state index contributed by atoms with van der Waals surface area (Å²) < 4.78 is 63.2. The Labute approximate surface area is 495 Å². The Bertz CT molecular complexity index is 3140. The van der Waals surface area contributed by atoms with Crippen LogP contribution in [-0.2, 0) is 38.0 Å². The van der Waals surface area contributed by atoms with Gasteiger partial charge in [-0.15, -0.1) is 0 Å². The molecule has 476 valence electrons. The van der Waals surface area contributed by atoms with Crippen LogP contribution in [0.25, 0.3) is 34.4 Å². The Kier molecular flexibility index (Phi) is 20.5. The van der Waals surface area contributed by atoms with Gasteiger partial charge in [0.15, 0.2) is 11.5 Å². The smallest absolute Gasteiger partial charge is 0.402 e. The fraction of sp³-hybridized carbons (Fsp3) is 0.421. The van der Waals surface area contributed by atoms with Crippen molar-refractivity contribution in [1.82, 2.24) is 0 Å². The molecule has 31 nitrogen and oxygen atoms in total. The van der Waals surface area contributed by atoms with Crippen molar-refractivity contribution in [2.45, 2.75) is 123 Å². The number of rotatable bonds is 19. The molecule has 88 heavy (non-hydrogen) atoms. The van der Waals surface area contributed by atoms with Gasteiger partial charge in [0.05, 0.1) is 24.8 Å². The predicted octanol–water partition coefficient (Wildman–Crippen LogP) is -3.55. The van der Waals surface area contributed by atoms with Gasteiger partial charge >= 0.3 is 23.3 Å². The number of aliphatic hydroxyl groups is 14. The first kappa shape index (κ1) is 64.9. The molecule has 4 fully saturated rings. The van der Waals surface area contributed by atoms with Gasteiger partial charge < -0.3 is 139 Å². The molecule has 20 atom stereocenters. The predicted molar refractivity (Wildman–Crippen MR) is 289 cm³/mol. The SMILES string of the molecule is O=C(/C=C/c1ccc(O)cc1)OC[C@H]1O[C@@H](Oc2cc(-c3[o+]c4cc(O[C@@H]5OC(CO)[C@@H](O)[C@H](O)C5O)cc(O)c4cc3O[C@@H]3OC(CO)[C@@H](O)C(O)C3O)cc(O[C@@H]3O[C@H](COC(=O)/C=C/c4ccc(O)cc4)[C@@H](O)C(O)C3O)c2O)C(O)C(O)[C@@H]1O. The number of hydrogen-bond acceptors (Lipinski definition) is 30. The largest absolute Gasteiger partial charge is 0.508 e. The minimum Gasteiger partial charge on any atom is -0.508 e. The Morgan fingerprint density at radius 1 is 0.443 bits per heavy atom. The van der Waals surface area contributed by atoms with Crippen molar-refractivity contribution < 1.29 is 153 Å². The lowest BCUT2D eigenvalue weighted by Gasteiger charge is -2.40. The maximum absolute atomic E-state index is 12.8. The molecule has 0 amide bonds. The molecule has 0 bridgehead atoms.